The number of sulfone groups is 1. The van der Waals surface area contributed by atoms with Gasteiger partial charge in [0.25, 0.3) is 0 Å². The van der Waals surface area contributed by atoms with Gasteiger partial charge >= 0.3 is 0 Å². The van der Waals surface area contributed by atoms with Crippen molar-refractivity contribution in [3.8, 4) is 11.3 Å². The Hall–Kier alpha value is -1.96. The smallest absolute Gasteiger partial charge is 0.185 e. The molecule has 1 aliphatic heterocycles. The molecule has 0 aliphatic carbocycles. The van der Waals surface area contributed by atoms with Crippen LogP contribution in [0.4, 0.5) is 9.52 Å². The molecule has 4 rings (SSSR count). The molecule has 0 spiro atoms. The molecule has 0 saturated carbocycles. The van der Waals surface area contributed by atoms with Gasteiger partial charge in [-0.1, -0.05) is 35.4 Å². The first kappa shape index (κ1) is 20.3. The number of halogens is 2. The fourth-order valence-corrected chi connectivity index (χ4v) is 6.75. The summed E-state index contributed by atoms with van der Waals surface area (Å²) in [6.07, 6.45) is 0.963. The molecule has 0 atom stereocenters. The molecule has 0 amide bonds. The summed E-state index contributed by atoms with van der Waals surface area (Å²) in [5.41, 5.74) is 3.19. The minimum absolute atomic E-state index is 0.00926. The number of nitrogens with zero attached hydrogens (tertiary/aromatic N) is 2. The van der Waals surface area contributed by atoms with Crippen LogP contribution < -0.4 is 4.90 Å². The zero-order valence-corrected chi connectivity index (χ0v) is 18.2. The van der Waals surface area contributed by atoms with E-state index < -0.39 is 20.9 Å². The highest BCUT2D eigenvalue weighted by Crippen LogP contribution is 2.33. The van der Waals surface area contributed by atoms with Crippen LogP contribution >= 0.6 is 22.9 Å². The molecule has 0 N–H and O–H groups in total. The van der Waals surface area contributed by atoms with E-state index in [0.29, 0.717) is 25.9 Å². The predicted molar refractivity (Wildman–Crippen MR) is 116 cm³/mol. The summed E-state index contributed by atoms with van der Waals surface area (Å²) in [5, 5.41) is 2.34. The molecule has 2 aromatic carbocycles. The first-order valence-corrected chi connectivity index (χ1v) is 12.1. The summed E-state index contributed by atoms with van der Waals surface area (Å²) in [6, 6.07) is 11.6. The predicted octanol–water partition coefficient (Wildman–Crippen LogP) is 5.35. The summed E-state index contributed by atoms with van der Waals surface area (Å²) in [7, 11) is -3.60. The Morgan fingerprint density at radius 3 is 2.62 bits per heavy atom. The Labute approximate surface area is 178 Å². The maximum absolute atomic E-state index is 13.3. The molecule has 2 heterocycles. The van der Waals surface area contributed by atoms with E-state index in [0.717, 1.165) is 28.5 Å². The van der Waals surface area contributed by atoms with Gasteiger partial charge < -0.3 is 4.90 Å². The van der Waals surface area contributed by atoms with Gasteiger partial charge in [-0.2, -0.15) is 0 Å². The van der Waals surface area contributed by atoms with Crippen molar-refractivity contribution in [3.05, 3.63) is 64.2 Å². The Balaban J connectivity index is 1.47. The van der Waals surface area contributed by atoms with Crippen LogP contribution in [0.2, 0.25) is 5.02 Å². The van der Waals surface area contributed by atoms with Crippen LogP contribution in [-0.2, 0) is 9.84 Å². The van der Waals surface area contributed by atoms with E-state index in [1.165, 1.54) is 11.6 Å². The van der Waals surface area contributed by atoms with Crippen LogP contribution in [0.25, 0.3) is 11.3 Å². The van der Waals surface area contributed by atoms with Gasteiger partial charge in [-0.3, -0.25) is 0 Å². The standard InChI is InChI=1S/C21H20ClFN2O2S2/c1-14-3-2-4-15(11-14)19-13-28-21(24-19)25-9-7-17(8-10-25)29(26,27)20-6-5-16(23)12-18(20)22/h2-6,11-13,17H,7-10H2,1H3. The van der Waals surface area contributed by atoms with Crippen molar-refractivity contribution < 1.29 is 12.8 Å². The lowest BCUT2D eigenvalue weighted by atomic mass is 10.1. The number of hydrogen-bond donors (Lipinski definition) is 0. The lowest BCUT2D eigenvalue weighted by Gasteiger charge is -2.31. The van der Waals surface area contributed by atoms with Crippen molar-refractivity contribution in [1.82, 2.24) is 4.98 Å². The molecule has 1 saturated heterocycles. The summed E-state index contributed by atoms with van der Waals surface area (Å²) in [4.78, 5) is 6.88. The van der Waals surface area contributed by atoms with Crippen LogP contribution in [0.15, 0.2) is 52.7 Å². The van der Waals surface area contributed by atoms with Crippen LogP contribution in [0.5, 0.6) is 0 Å². The van der Waals surface area contributed by atoms with E-state index in [9.17, 15) is 12.8 Å². The van der Waals surface area contributed by atoms with Crippen LogP contribution in [0.3, 0.4) is 0 Å². The van der Waals surface area contributed by atoms with Crippen molar-refractivity contribution in [2.24, 2.45) is 0 Å². The van der Waals surface area contributed by atoms with Gasteiger partial charge in [0.1, 0.15) is 5.82 Å². The summed E-state index contributed by atoms with van der Waals surface area (Å²) >= 11 is 7.56. The minimum Gasteiger partial charge on any atom is -0.348 e. The van der Waals surface area contributed by atoms with Crippen LogP contribution in [0.1, 0.15) is 18.4 Å². The number of piperidine rings is 1. The van der Waals surface area contributed by atoms with Gasteiger partial charge in [0.05, 0.1) is 20.9 Å². The number of anilines is 1. The Kier molecular flexibility index (Phi) is 5.64. The topological polar surface area (TPSA) is 50.3 Å². The molecular weight excluding hydrogens is 431 g/mol. The molecule has 0 bridgehead atoms. The van der Waals surface area contributed by atoms with Crippen LogP contribution in [0, 0.1) is 12.7 Å². The Bertz CT molecular complexity index is 1140. The molecule has 4 nitrogen and oxygen atoms in total. The van der Waals surface area contributed by atoms with Gasteiger partial charge in [-0.25, -0.2) is 17.8 Å². The van der Waals surface area contributed by atoms with Gasteiger partial charge in [0, 0.05) is 24.0 Å². The van der Waals surface area contributed by atoms with E-state index in [-0.39, 0.29) is 9.92 Å². The summed E-state index contributed by atoms with van der Waals surface area (Å²) in [6.45, 7) is 3.25. The number of aromatic nitrogens is 1. The maximum Gasteiger partial charge on any atom is 0.185 e. The normalized spacial score (nSPS) is 15.6. The van der Waals surface area contributed by atoms with E-state index >= 15 is 0 Å². The first-order chi connectivity index (χ1) is 13.8. The SMILES string of the molecule is Cc1cccc(-c2csc(N3CCC(S(=O)(=O)c4ccc(F)cc4Cl)CC3)n2)c1. The molecular formula is C21H20ClFN2O2S2. The van der Waals surface area contributed by atoms with E-state index in [4.69, 9.17) is 16.6 Å². The second-order valence-electron chi connectivity index (χ2n) is 7.19. The highest BCUT2D eigenvalue weighted by molar-refractivity contribution is 7.92. The molecule has 152 valence electrons. The largest absolute Gasteiger partial charge is 0.348 e. The van der Waals surface area contributed by atoms with Crippen molar-refractivity contribution in [2.75, 3.05) is 18.0 Å². The van der Waals surface area contributed by atoms with E-state index in [1.54, 1.807) is 11.3 Å². The average Bonchev–Trinajstić information content (AvgIpc) is 3.18. The second kappa shape index (κ2) is 8.05. The average molecular weight is 451 g/mol. The number of hydrogen-bond acceptors (Lipinski definition) is 5. The Morgan fingerprint density at radius 1 is 1.17 bits per heavy atom. The number of thiazole rings is 1. The summed E-state index contributed by atoms with van der Waals surface area (Å²) in [5.74, 6) is -0.544. The van der Waals surface area contributed by atoms with Crippen molar-refractivity contribution in [1.29, 1.82) is 0 Å². The first-order valence-electron chi connectivity index (χ1n) is 9.31. The molecule has 29 heavy (non-hydrogen) atoms. The highest BCUT2D eigenvalue weighted by atomic mass is 35.5. The quantitative estimate of drug-likeness (QED) is 0.502. The van der Waals surface area contributed by atoms with Gasteiger partial charge in [0.2, 0.25) is 0 Å². The highest BCUT2D eigenvalue weighted by Gasteiger charge is 2.33. The van der Waals surface area contributed by atoms with E-state index in [2.05, 4.69) is 24.0 Å². The second-order valence-corrected chi connectivity index (χ2v) is 10.6. The van der Waals surface area contributed by atoms with Crippen molar-refractivity contribution in [2.45, 2.75) is 29.9 Å². The van der Waals surface area contributed by atoms with Crippen molar-refractivity contribution in [3.63, 3.8) is 0 Å². The zero-order valence-electron chi connectivity index (χ0n) is 15.8. The van der Waals surface area contributed by atoms with Gasteiger partial charge in [-0.05, 0) is 44.0 Å². The molecule has 1 fully saturated rings. The van der Waals surface area contributed by atoms with Gasteiger partial charge in [-0.15, -0.1) is 11.3 Å². The maximum atomic E-state index is 13.3. The Morgan fingerprint density at radius 2 is 1.93 bits per heavy atom. The molecule has 0 radical (unpaired) electrons. The third-order valence-electron chi connectivity index (χ3n) is 5.16. The lowest BCUT2D eigenvalue weighted by molar-refractivity contribution is 0.529. The number of aryl methyl sites for hydroxylation is 1. The number of rotatable bonds is 4. The van der Waals surface area contributed by atoms with Crippen molar-refractivity contribution >= 4 is 37.9 Å². The molecule has 8 heteroatoms. The van der Waals surface area contributed by atoms with Gasteiger partial charge in [0.15, 0.2) is 15.0 Å². The fourth-order valence-electron chi connectivity index (χ4n) is 3.59. The lowest BCUT2D eigenvalue weighted by Crippen LogP contribution is -2.39. The summed E-state index contributed by atoms with van der Waals surface area (Å²) < 4.78 is 39.2. The molecule has 3 aromatic rings. The minimum atomic E-state index is -3.60. The fraction of sp³-hybridized carbons (Fsp3) is 0.286. The molecule has 1 aromatic heterocycles. The molecule has 0 unspecified atom stereocenters. The third kappa shape index (κ3) is 4.17. The zero-order chi connectivity index (χ0) is 20.6. The van der Waals surface area contributed by atoms with Crippen LogP contribution in [-0.4, -0.2) is 31.7 Å². The monoisotopic (exact) mass is 450 g/mol. The van der Waals surface area contributed by atoms with E-state index in [1.807, 2.05) is 17.5 Å². The third-order valence-corrected chi connectivity index (χ3v) is 8.80. The molecule has 1 aliphatic rings. The number of benzene rings is 2.